The highest BCUT2D eigenvalue weighted by atomic mass is 16.3. The lowest BCUT2D eigenvalue weighted by molar-refractivity contribution is 0.0115. The number of aliphatic hydroxyl groups excluding tert-OH is 1. The minimum absolute atomic E-state index is 0.0921. The van der Waals surface area contributed by atoms with Crippen LogP contribution in [0.2, 0.25) is 0 Å². The molecule has 0 radical (unpaired) electrons. The van der Waals surface area contributed by atoms with Gasteiger partial charge in [0.05, 0.1) is 6.10 Å². The summed E-state index contributed by atoms with van der Waals surface area (Å²) in [4.78, 5) is 0. The van der Waals surface area contributed by atoms with E-state index >= 15 is 0 Å². The number of rotatable bonds is 3. The summed E-state index contributed by atoms with van der Waals surface area (Å²) in [7, 11) is 0. The zero-order valence-electron chi connectivity index (χ0n) is 10.6. The molecule has 0 bridgehead atoms. The smallest absolute Gasteiger partial charge is 0.0723 e. The molecule has 2 fully saturated rings. The topological polar surface area (TPSA) is 32.3 Å². The zero-order chi connectivity index (χ0) is 11.4. The highest BCUT2D eigenvalue weighted by molar-refractivity contribution is 4.88. The summed E-state index contributed by atoms with van der Waals surface area (Å²) in [6.45, 7) is 3.38. The van der Waals surface area contributed by atoms with E-state index in [0.717, 1.165) is 12.5 Å². The Morgan fingerprint density at radius 2 is 1.88 bits per heavy atom. The molecule has 1 aliphatic carbocycles. The van der Waals surface area contributed by atoms with E-state index in [9.17, 15) is 5.11 Å². The molecule has 2 heteroatoms. The quantitative estimate of drug-likeness (QED) is 0.774. The number of aliphatic hydroxyl groups is 1. The van der Waals surface area contributed by atoms with E-state index in [4.69, 9.17) is 0 Å². The molecule has 4 unspecified atom stereocenters. The Labute approximate surface area is 99.8 Å². The summed E-state index contributed by atoms with van der Waals surface area (Å²) in [5.74, 6) is 1.34. The first-order valence-corrected chi connectivity index (χ1v) is 7.24. The summed E-state index contributed by atoms with van der Waals surface area (Å²) in [5.41, 5.74) is 0. The van der Waals surface area contributed by atoms with Crippen molar-refractivity contribution in [3.05, 3.63) is 0 Å². The third-order valence-electron chi connectivity index (χ3n) is 4.69. The average molecular weight is 225 g/mol. The van der Waals surface area contributed by atoms with Crippen LogP contribution in [0.3, 0.4) is 0 Å². The van der Waals surface area contributed by atoms with Gasteiger partial charge in [-0.1, -0.05) is 39.0 Å². The number of hydrogen-bond acceptors (Lipinski definition) is 2. The molecular formula is C14H27NO. The third-order valence-corrected chi connectivity index (χ3v) is 4.69. The first-order valence-electron chi connectivity index (χ1n) is 7.24. The molecule has 2 aliphatic rings. The molecule has 0 amide bonds. The number of hydrogen-bond donors (Lipinski definition) is 2. The van der Waals surface area contributed by atoms with Crippen molar-refractivity contribution in [2.24, 2.45) is 11.8 Å². The standard InChI is InChI=1S/C14H27NO/c1-2-11-7-3-4-8-12(11)14(16)13-9-5-6-10-15-13/h11-16H,2-10H2,1H3. The molecule has 1 saturated heterocycles. The van der Waals surface area contributed by atoms with Crippen LogP contribution in [0, 0.1) is 11.8 Å². The van der Waals surface area contributed by atoms with E-state index in [2.05, 4.69) is 12.2 Å². The van der Waals surface area contributed by atoms with Gasteiger partial charge in [0, 0.05) is 6.04 Å². The van der Waals surface area contributed by atoms with Gasteiger partial charge in [-0.2, -0.15) is 0 Å². The van der Waals surface area contributed by atoms with Crippen LogP contribution in [-0.4, -0.2) is 23.8 Å². The van der Waals surface area contributed by atoms with Gasteiger partial charge in [-0.15, -0.1) is 0 Å². The van der Waals surface area contributed by atoms with Gasteiger partial charge < -0.3 is 10.4 Å². The van der Waals surface area contributed by atoms with Gasteiger partial charge in [-0.05, 0) is 37.6 Å². The maximum Gasteiger partial charge on any atom is 0.0723 e. The summed E-state index contributed by atoms with van der Waals surface area (Å²) in [6, 6.07) is 0.380. The minimum atomic E-state index is -0.0921. The summed E-state index contributed by atoms with van der Waals surface area (Å²) in [5, 5.41) is 14.0. The van der Waals surface area contributed by atoms with Crippen LogP contribution in [-0.2, 0) is 0 Å². The highest BCUT2D eigenvalue weighted by Crippen LogP contribution is 2.36. The SMILES string of the molecule is CCC1CCCCC1C(O)C1CCCCN1. The molecule has 2 rings (SSSR count). The molecule has 0 aromatic heterocycles. The fraction of sp³-hybridized carbons (Fsp3) is 1.00. The van der Waals surface area contributed by atoms with Crippen LogP contribution in [0.15, 0.2) is 0 Å². The first-order chi connectivity index (χ1) is 7.83. The second-order valence-electron chi connectivity index (χ2n) is 5.66. The third kappa shape index (κ3) is 2.78. The van der Waals surface area contributed by atoms with Gasteiger partial charge in [-0.3, -0.25) is 0 Å². The van der Waals surface area contributed by atoms with Gasteiger partial charge in [-0.25, -0.2) is 0 Å². The van der Waals surface area contributed by atoms with Crippen molar-refractivity contribution in [2.75, 3.05) is 6.54 Å². The second-order valence-corrected chi connectivity index (χ2v) is 5.66. The lowest BCUT2D eigenvalue weighted by Crippen LogP contribution is -2.48. The summed E-state index contributed by atoms with van der Waals surface area (Å²) in [6.07, 6.45) is 10.2. The predicted octanol–water partition coefficient (Wildman–Crippen LogP) is 2.71. The Kier molecular flexibility index (Phi) is 4.66. The van der Waals surface area contributed by atoms with Gasteiger partial charge in [0.2, 0.25) is 0 Å². The Morgan fingerprint density at radius 3 is 2.56 bits per heavy atom. The molecule has 0 aromatic carbocycles. The summed E-state index contributed by atoms with van der Waals surface area (Å²) >= 11 is 0. The molecule has 0 aromatic rings. The van der Waals surface area contributed by atoms with Crippen LogP contribution in [0.4, 0.5) is 0 Å². The molecule has 94 valence electrons. The first kappa shape index (κ1) is 12.4. The van der Waals surface area contributed by atoms with Gasteiger partial charge in [0.1, 0.15) is 0 Å². The Hall–Kier alpha value is -0.0800. The Balaban J connectivity index is 1.92. The zero-order valence-corrected chi connectivity index (χ0v) is 10.6. The molecule has 0 spiro atoms. The fourth-order valence-corrected chi connectivity index (χ4v) is 3.66. The van der Waals surface area contributed by atoms with E-state index in [1.807, 2.05) is 0 Å². The second kappa shape index (κ2) is 6.02. The predicted molar refractivity (Wildman–Crippen MR) is 67.4 cm³/mol. The van der Waals surface area contributed by atoms with Crippen LogP contribution < -0.4 is 5.32 Å². The van der Waals surface area contributed by atoms with Crippen LogP contribution in [0.1, 0.15) is 58.3 Å². The van der Waals surface area contributed by atoms with Gasteiger partial charge >= 0.3 is 0 Å². The van der Waals surface area contributed by atoms with Crippen molar-refractivity contribution >= 4 is 0 Å². The fourth-order valence-electron chi connectivity index (χ4n) is 3.66. The Morgan fingerprint density at radius 1 is 1.12 bits per heavy atom. The highest BCUT2D eigenvalue weighted by Gasteiger charge is 2.34. The summed E-state index contributed by atoms with van der Waals surface area (Å²) < 4.78 is 0. The van der Waals surface area contributed by atoms with Crippen LogP contribution in [0.25, 0.3) is 0 Å². The minimum Gasteiger partial charge on any atom is -0.391 e. The van der Waals surface area contributed by atoms with E-state index in [1.54, 1.807) is 0 Å². The molecule has 2 N–H and O–H groups in total. The Bertz CT molecular complexity index is 201. The van der Waals surface area contributed by atoms with E-state index in [0.29, 0.717) is 12.0 Å². The van der Waals surface area contributed by atoms with Crippen LogP contribution in [0.5, 0.6) is 0 Å². The van der Waals surface area contributed by atoms with Crippen molar-refractivity contribution in [3.63, 3.8) is 0 Å². The molecule has 1 heterocycles. The van der Waals surface area contributed by atoms with Crippen molar-refractivity contribution < 1.29 is 5.11 Å². The average Bonchev–Trinajstić information content (AvgIpc) is 2.39. The lowest BCUT2D eigenvalue weighted by Gasteiger charge is -2.39. The van der Waals surface area contributed by atoms with Crippen molar-refractivity contribution in [1.29, 1.82) is 0 Å². The maximum absolute atomic E-state index is 10.5. The van der Waals surface area contributed by atoms with Gasteiger partial charge in [0.25, 0.3) is 0 Å². The van der Waals surface area contributed by atoms with E-state index in [1.165, 1.54) is 51.4 Å². The molecule has 1 aliphatic heterocycles. The lowest BCUT2D eigenvalue weighted by atomic mass is 9.72. The molecule has 4 atom stereocenters. The van der Waals surface area contributed by atoms with Crippen molar-refractivity contribution in [3.8, 4) is 0 Å². The monoisotopic (exact) mass is 225 g/mol. The van der Waals surface area contributed by atoms with E-state index in [-0.39, 0.29) is 6.10 Å². The number of nitrogens with one attached hydrogen (secondary N) is 1. The molecular weight excluding hydrogens is 198 g/mol. The van der Waals surface area contributed by atoms with Crippen molar-refractivity contribution in [2.45, 2.75) is 70.4 Å². The molecule has 2 nitrogen and oxygen atoms in total. The maximum atomic E-state index is 10.5. The normalized spacial score (nSPS) is 38.2. The largest absolute Gasteiger partial charge is 0.391 e. The van der Waals surface area contributed by atoms with E-state index < -0.39 is 0 Å². The van der Waals surface area contributed by atoms with Crippen molar-refractivity contribution in [1.82, 2.24) is 5.32 Å². The van der Waals surface area contributed by atoms with Crippen LogP contribution >= 0.6 is 0 Å². The molecule has 16 heavy (non-hydrogen) atoms. The molecule has 1 saturated carbocycles. The van der Waals surface area contributed by atoms with Gasteiger partial charge in [0.15, 0.2) is 0 Å². The number of piperidine rings is 1.